The van der Waals surface area contributed by atoms with Crippen molar-refractivity contribution in [2.24, 2.45) is 0 Å². The number of aromatic amines is 1. The molecule has 3 rings (SSSR count). The fourth-order valence-corrected chi connectivity index (χ4v) is 2.89. The molecular formula is C14H13BrN4OS. The Morgan fingerprint density at radius 2 is 2.24 bits per heavy atom. The van der Waals surface area contributed by atoms with Gasteiger partial charge >= 0.3 is 0 Å². The van der Waals surface area contributed by atoms with E-state index in [1.165, 1.54) is 0 Å². The number of nitrogen functional groups attached to an aromatic ring is 1. The van der Waals surface area contributed by atoms with Crippen molar-refractivity contribution in [2.45, 2.75) is 10.9 Å². The monoisotopic (exact) mass is 364 g/mol. The van der Waals surface area contributed by atoms with Crippen molar-refractivity contribution in [2.75, 3.05) is 12.8 Å². The Balaban J connectivity index is 1.76. The van der Waals surface area contributed by atoms with Crippen LogP contribution in [0.3, 0.4) is 0 Å². The molecule has 0 atom stereocenters. The van der Waals surface area contributed by atoms with Gasteiger partial charge in [-0.1, -0.05) is 11.8 Å². The van der Waals surface area contributed by atoms with Gasteiger partial charge in [-0.15, -0.1) is 0 Å². The molecule has 108 valence electrons. The van der Waals surface area contributed by atoms with E-state index in [2.05, 4.69) is 30.9 Å². The number of nitrogens with zero attached hydrogens (tertiary/aromatic N) is 2. The molecule has 0 unspecified atom stereocenters. The van der Waals surface area contributed by atoms with Crippen LogP contribution in [0.2, 0.25) is 0 Å². The molecule has 0 radical (unpaired) electrons. The zero-order valence-electron chi connectivity index (χ0n) is 11.3. The normalized spacial score (nSPS) is 11.0. The number of nitrogens with two attached hydrogens (primary N) is 1. The van der Waals surface area contributed by atoms with Gasteiger partial charge in [0.2, 0.25) is 0 Å². The standard InChI is InChI=1S/C14H13BrN4OS/c1-20-9-2-3-12-13(5-9)19-14(18-12)21-7-8-4-11(16)10(15)6-17-8/h2-6H,7H2,1H3,(H2,16,17)(H,18,19). The van der Waals surface area contributed by atoms with Crippen LogP contribution in [-0.4, -0.2) is 22.1 Å². The lowest BCUT2D eigenvalue weighted by Gasteiger charge is -2.01. The molecule has 3 N–H and O–H groups in total. The first kappa shape index (κ1) is 14.2. The average molecular weight is 365 g/mol. The first-order chi connectivity index (χ1) is 10.2. The highest BCUT2D eigenvalue weighted by atomic mass is 79.9. The molecule has 0 aliphatic carbocycles. The molecule has 0 amide bonds. The quantitative estimate of drug-likeness (QED) is 0.691. The summed E-state index contributed by atoms with van der Waals surface area (Å²) in [6.45, 7) is 0. The smallest absolute Gasteiger partial charge is 0.166 e. The van der Waals surface area contributed by atoms with Gasteiger partial charge in [0.25, 0.3) is 0 Å². The van der Waals surface area contributed by atoms with E-state index in [9.17, 15) is 0 Å². The summed E-state index contributed by atoms with van der Waals surface area (Å²) in [5, 5.41) is 0.849. The SMILES string of the molecule is COc1ccc2nc(SCc3cc(N)c(Br)cn3)[nH]c2c1. The van der Waals surface area contributed by atoms with Gasteiger partial charge in [0.15, 0.2) is 5.16 Å². The van der Waals surface area contributed by atoms with Crippen LogP contribution in [0, 0.1) is 0 Å². The zero-order chi connectivity index (χ0) is 14.8. The molecule has 1 aromatic carbocycles. The second kappa shape index (κ2) is 5.95. The first-order valence-electron chi connectivity index (χ1n) is 6.22. The van der Waals surface area contributed by atoms with E-state index in [0.29, 0.717) is 11.4 Å². The Kier molecular flexibility index (Phi) is 4.03. The van der Waals surface area contributed by atoms with Gasteiger partial charge in [0.05, 0.1) is 28.3 Å². The molecule has 0 saturated carbocycles. The summed E-state index contributed by atoms with van der Waals surface area (Å²) in [7, 11) is 1.65. The Hall–Kier alpha value is -1.73. The summed E-state index contributed by atoms with van der Waals surface area (Å²) in [6, 6.07) is 7.63. The number of rotatable bonds is 4. The van der Waals surface area contributed by atoms with Gasteiger partial charge in [-0.3, -0.25) is 4.98 Å². The van der Waals surface area contributed by atoms with Gasteiger partial charge in [0, 0.05) is 23.7 Å². The third kappa shape index (κ3) is 3.14. The van der Waals surface area contributed by atoms with Crippen LogP contribution in [-0.2, 0) is 5.75 Å². The van der Waals surface area contributed by atoms with Crippen LogP contribution in [0.1, 0.15) is 5.69 Å². The van der Waals surface area contributed by atoms with E-state index in [-0.39, 0.29) is 0 Å². The maximum absolute atomic E-state index is 5.85. The van der Waals surface area contributed by atoms with Gasteiger partial charge in [-0.05, 0) is 34.1 Å². The summed E-state index contributed by atoms with van der Waals surface area (Å²) in [5.41, 5.74) is 9.33. The second-order valence-corrected chi connectivity index (χ2v) is 6.23. The molecule has 21 heavy (non-hydrogen) atoms. The average Bonchev–Trinajstić information content (AvgIpc) is 2.90. The number of imidazole rings is 1. The fraction of sp³-hybridized carbons (Fsp3) is 0.143. The predicted molar refractivity (Wildman–Crippen MR) is 88.6 cm³/mol. The highest BCUT2D eigenvalue weighted by Crippen LogP contribution is 2.26. The number of nitrogens with one attached hydrogen (secondary N) is 1. The molecule has 0 aliphatic heterocycles. The number of methoxy groups -OCH3 is 1. The summed E-state index contributed by atoms with van der Waals surface area (Å²) in [5.74, 6) is 1.51. The van der Waals surface area contributed by atoms with Crippen molar-refractivity contribution in [1.29, 1.82) is 0 Å². The topological polar surface area (TPSA) is 76.8 Å². The molecule has 2 heterocycles. The molecule has 2 aromatic heterocycles. The largest absolute Gasteiger partial charge is 0.497 e. The summed E-state index contributed by atoms with van der Waals surface area (Å²) >= 11 is 4.92. The van der Waals surface area contributed by atoms with E-state index in [1.807, 2.05) is 24.3 Å². The number of aromatic nitrogens is 3. The third-order valence-electron chi connectivity index (χ3n) is 2.97. The van der Waals surface area contributed by atoms with Gasteiger partial charge in [-0.25, -0.2) is 4.98 Å². The van der Waals surface area contributed by atoms with Crippen molar-refractivity contribution in [3.8, 4) is 5.75 Å². The van der Waals surface area contributed by atoms with E-state index < -0.39 is 0 Å². The summed E-state index contributed by atoms with van der Waals surface area (Å²) in [6.07, 6.45) is 1.72. The number of hydrogen-bond donors (Lipinski definition) is 2. The number of ether oxygens (including phenoxy) is 1. The van der Waals surface area contributed by atoms with Crippen LogP contribution >= 0.6 is 27.7 Å². The number of halogens is 1. The van der Waals surface area contributed by atoms with Crippen molar-refractivity contribution in [3.63, 3.8) is 0 Å². The van der Waals surface area contributed by atoms with Gasteiger partial charge < -0.3 is 15.5 Å². The number of anilines is 1. The maximum atomic E-state index is 5.85. The molecule has 0 saturated heterocycles. The summed E-state index contributed by atoms with van der Waals surface area (Å²) in [4.78, 5) is 12.1. The van der Waals surface area contributed by atoms with Crippen LogP contribution in [0.4, 0.5) is 5.69 Å². The molecule has 0 bridgehead atoms. The molecular weight excluding hydrogens is 352 g/mol. The van der Waals surface area contributed by atoms with Crippen molar-refractivity contribution in [3.05, 3.63) is 40.6 Å². The fourth-order valence-electron chi connectivity index (χ4n) is 1.88. The van der Waals surface area contributed by atoms with Crippen LogP contribution in [0.25, 0.3) is 11.0 Å². The third-order valence-corrected chi connectivity index (χ3v) is 4.54. The molecule has 5 nitrogen and oxygen atoms in total. The lowest BCUT2D eigenvalue weighted by molar-refractivity contribution is 0.415. The molecule has 0 aliphatic rings. The van der Waals surface area contributed by atoms with E-state index in [4.69, 9.17) is 10.5 Å². The molecule has 0 fully saturated rings. The minimum Gasteiger partial charge on any atom is -0.497 e. The highest BCUT2D eigenvalue weighted by Gasteiger charge is 2.06. The maximum Gasteiger partial charge on any atom is 0.166 e. The van der Waals surface area contributed by atoms with Crippen LogP contribution in [0.5, 0.6) is 5.75 Å². The Bertz CT molecular complexity index is 790. The van der Waals surface area contributed by atoms with Crippen molar-refractivity contribution in [1.82, 2.24) is 15.0 Å². The van der Waals surface area contributed by atoms with Crippen LogP contribution < -0.4 is 10.5 Å². The Labute approximate surface area is 134 Å². The van der Waals surface area contributed by atoms with E-state index >= 15 is 0 Å². The van der Waals surface area contributed by atoms with E-state index in [0.717, 1.165) is 32.1 Å². The zero-order valence-corrected chi connectivity index (χ0v) is 13.7. The van der Waals surface area contributed by atoms with Gasteiger partial charge in [0.1, 0.15) is 5.75 Å². The highest BCUT2D eigenvalue weighted by molar-refractivity contribution is 9.10. The number of thioether (sulfide) groups is 1. The van der Waals surface area contributed by atoms with Crippen molar-refractivity contribution >= 4 is 44.4 Å². The summed E-state index contributed by atoms with van der Waals surface area (Å²) < 4.78 is 6.01. The number of benzene rings is 1. The van der Waals surface area contributed by atoms with Gasteiger partial charge in [-0.2, -0.15) is 0 Å². The Morgan fingerprint density at radius 1 is 1.38 bits per heavy atom. The first-order valence-corrected chi connectivity index (χ1v) is 8.00. The number of hydrogen-bond acceptors (Lipinski definition) is 5. The number of H-pyrrole nitrogens is 1. The number of pyridine rings is 1. The Morgan fingerprint density at radius 3 is 3.00 bits per heavy atom. The van der Waals surface area contributed by atoms with Crippen molar-refractivity contribution < 1.29 is 4.74 Å². The molecule has 3 aromatic rings. The van der Waals surface area contributed by atoms with E-state index in [1.54, 1.807) is 25.1 Å². The minimum absolute atomic E-state index is 0.690. The number of fused-ring (bicyclic) bond motifs is 1. The lowest BCUT2D eigenvalue weighted by atomic mass is 10.3. The van der Waals surface area contributed by atoms with Crippen LogP contribution in [0.15, 0.2) is 40.1 Å². The second-order valence-electron chi connectivity index (χ2n) is 4.41. The minimum atomic E-state index is 0.690. The predicted octanol–water partition coefficient (Wildman–Crippen LogP) is 3.60. The molecule has 7 heteroatoms. The lowest BCUT2D eigenvalue weighted by Crippen LogP contribution is -1.93. The molecule has 0 spiro atoms.